The van der Waals surface area contributed by atoms with E-state index in [2.05, 4.69) is 4.98 Å². The molecule has 0 saturated heterocycles. The molecule has 1 heterocycles. The van der Waals surface area contributed by atoms with Crippen LogP contribution in [0, 0.1) is 10.1 Å². The van der Waals surface area contributed by atoms with Crippen LogP contribution in [-0.2, 0) is 6.42 Å². The smallest absolute Gasteiger partial charge is 0.258 e. The van der Waals surface area contributed by atoms with Gasteiger partial charge in [0.2, 0.25) is 0 Å². The van der Waals surface area contributed by atoms with Gasteiger partial charge in [0, 0.05) is 24.2 Å². The molecular weight excluding hydrogens is 240 g/mol. The summed E-state index contributed by atoms with van der Waals surface area (Å²) in [6.07, 6.45) is 2.10. The van der Waals surface area contributed by atoms with Crippen molar-refractivity contribution < 1.29 is 4.92 Å². The van der Waals surface area contributed by atoms with Crippen molar-refractivity contribution in [2.75, 3.05) is 0 Å². The molecule has 4 nitrogen and oxygen atoms in total. The first-order valence-corrected chi connectivity index (χ1v) is 5.37. The third-order valence-electron chi connectivity index (χ3n) is 2.37. The van der Waals surface area contributed by atoms with Gasteiger partial charge < -0.3 is 0 Å². The summed E-state index contributed by atoms with van der Waals surface area (Å²) in [5.74, 6) is 0. The zero-order chi connectivity index (χ0) is 12.3. The molecule has 0 aliphatic rings. The van der Waals surface area contributed by atoms with E-state index >= 15 is 0 Å². The van der Waals surface area contributed by atoms with Crippen molar-refractivity contribution in [1.29, 1.82) is 0 Å². The van der Waals surface area contributed by atoms with Gasteiger partial charge in [0.15, 0.2) is 0 Å². The van der Waals surface area contributed by atoms with Gasteiger partial charge >= 0.3 is 0 Å². The Bertz CT molecular complexity index is 540. The normalized spacial score (nSPS) is 10.2. The van der Waals surface area contributed by atoms with Gasteiger partial charge in [0.05, 0.1) is 4.92 Å². The lowest BCUT2D eigenvalue weighted by molar-refractivity contribution is -0.385. The second kappa shape index (κ2) is 4.93. The Morgan fingerprint density at radius 1 is 1.24 bits per heavy atom. The molecule has 0 spiro atoms. The number of nitro benzene ring substituents is 1. The third-order valence-corrected chi connectivity index (χ3v) is 2.60. The van der Waals surface area contributed by atoms with E-state index < -0.39 is 0 Å². The molecule has 86 valence electrons. The minimum Gasteiger partial charge on any atom is -0.258 e. The summed E-state index contributed by atoms with van der Waals surface area (Å²) in [4.78, 5) is 14.4. The summed E-state index contributed by atoms with van der Waals surface area (Å²) in [7, 11) is 0. The zero-order valence-corrected chi connectivity index (χ0v) is 9.59. The lowest BCUT2D eigenvalue weighted by Gasteiger charge is -2.02. The first kappa shape index (κ1) is 11.5. The molecule has 0 aliphatic heterocycles. The molecular formula is C12H9ClN2O2. The fourth-order valence-corrected chi connectivity index (χ4v) is 1.68. The standard InChI is InChI=1S/C12H9ClN2O2/c13-12-6-5-9(8-14-12)7-10-3-1-2-4-11(10)15(16)17/h1-6,8H,7H2. The Balaban J connectivity index is 2.30. The lowest BCUT2D eigenvalue weighted by atomic mass is 10.1. The van der Waals surface area contributed by atoms with E-state index in [1.165, 1.54) is 6.07 Å². The van der Waals surface area contributed by atoms with Crippen molar-refractivity contribution in [2.24, 2.45) is 0 Å². The number of hydrogen-bond acceptors (Lipinski definition) is 3. The Hall–Kier alpha value is -1.94. The fraction of sp³-hybridized carbons (Fsp3) is 0.0833. The maximum absolute atomic E-state index is 10.8. The number of pyridine rings is 1. The van der Waals surface area contributed by atoms with Crippen molar-refractivity contribution in [3.63, 3.8) is 0 Å². The maximum atomic E-state index is 10.8. The van der Waals surface area contributed by atoms with Gasteiger partial charge in [-0.3, -0.25) is 10.1 Å². The van der Waals surface area contributed by atoms with Gasteiger partial charge in [-0.2, -0.15) is 0 Å². The fourth-order valence-electron chi connectivity index (χ4n) is 1.57. The van der Waals surface area contributed by atoms with Gasteiger partial charge in [-0.1, -0.05) is 35.9 Å². The van der Waals surface area contributed by atoms with Crippen LogP contribution in [0.2, 0.25) is 5.15 Å². The van der Waals surface area contributed by atoms with Crippen LogP contribution in [0.15, 0.2) is 42.6 Å². The summed E-state index contributed by atoms with van der Waals surface area (Å²) >= 11 is 5.68. The monoisotopic (exact) mass is 248 g/mol. The number of halogens is 1. The van der Waals surface area contributed by atoms with Gasteiger partial charge in [-0.25, -0.2) is 4.98 Å². The first-order valence-electron chi connectivity index (χ1n) is 4.99. The molecule has 0 radical (unpaired) electrons. The average molecular weight is 249 g/mol. The molecule has 0 N–H and O–H groups in total. The Kier molecular flexibility index (Phi) is 3.35. The molecule has 0 amide bonds. The molecule has 0 unspecified atom stereocenters. The van der Waals surface area contributed by atoms with Crippen LogP contribution in [0.25, 0.3) is 0 Å². The second-order valence-electron chi connectivity index (χ2n) is 3.55. The van der Waals surface area contributed by atoms with E-state index in [1.807, 2.05) is 6.07 Å². The number of aromatic nitrogens is 1. The van der Waals surface area contributed by atoms with Crippen LogP contribution in [-0.4, -0.2) is 9.91 Å². The predicted molar refractivity (Wildman–Crippen MR) is 65.1 cm³/mol. The molecule has 0 bridgehead atoms. The summed E-state index contributed by atoms with van der Waals surface area (Å²) in [6, 6.07) is 10.2. The van der Waals surface area contributed by atoms with Gasteiger partial charge in [-0.05, 0) is 11.6 Å². The van der Waals surface area contributed by atoms with Crippen LogP contribution in [0.4, 0.5) is 5.69 Å². The van der Waals surface area contributed by atoms with Crippen LogP contribution in [0.5, 0.6) is 0 Å². The third kappa shape index (κ3) is 2.79. The highest BCUT2D eigenvalue weighted by Gasteiger charge is 2.12. The highest BCUT2D eigenvalue weighted by atomic mass is 35.5. The number of nitro groups is 1. The van der Waals surface area contributed by atoms with Crippen LogP contribution in [0.3, 0.4) is 0 Å². The van der Waals surface area contributed by atoms with Crippen molar-refractivity contribution in [2.45, 2.75) is 6.42 Å². The van der Waals surface area contributed by atoms with E-state index in [-0.39, 0.29) is 10.6 Å². The van der Waals surface area contributed by atoms with Crippen molar-refractivity contribution in [3.05, 3.63) is 69.0 Å². The molecule has 1 aromatic heterocycles. The second-order valence-corrected chi connectivity index (χ2v) is 3.94. The Morgan fingerprint density at radius 2 is 2.00 bits per heavy atom. The molecule has 0 atom stereocenters. The summed E-state index contributed by atoms with van der Waals surface area (Å²) < 4.78 is 0. The number of rotatable bonds is 3. The van der Waals surface area contributed by atoms with Gasteiger partial charge in [0.1, 0.15) is 5.15 Å². The SMILES string of the molecule is O=[N+]([O-])c1ccccc1Cc1ccc(Cl)nc1. The van der Waals surface area contributed by atoms with Crippen molar-refractivity contribution in [3.8, 4) is 0 Å². The highest BCUT2D eigenvalue weighted by molar-refractivity contribution is 6.29. The minimum atomic E-state index is -0.376. The molecule has 2 aromatic rings. The zero-order valence-electron chi connectivity index (χ0n) is 8.84. The summed E-state index contributed by atoms with van der Waals surface area (Å²) in [5, 5.41) is 11.2. The molecule has 0 aliphatic carbocycles. The lowest BCUT2D eigenvalue weighted by Crippen LogP contribution is -1.96. The predicted octanol–water partition coefficient (Wildman–Crippen LogP) is 3.23. The van der Waals surface area contributed by atoms with E-state index in [4.69, 9.17) is 11.6 Å². The van der Waals surface area contributed by atoms with Crippen LogP contribution < -0.4 is 0 Å². The number of benzene rings is 1. The van der Waals surface area contributed by atoms with Crippen LogP contribution >= 0.6 is 11.6 Å². The minimum absolute atomic E-state index is 0.127. The van der Waals surface area contributed by atoms with E-state index in [1.54, 1.807) is 30.5 Å². The van der Waals surface area contributed by atoms with Crippen LogP contribution in [0.1, 0.15) is 11.1 Å². The maximum Gasteiger partial charge on any atom is 0.272 e. The summed E-state index contributed by atoms with van der Waals surface area (Å²) in [5.41, 5.74) is 1.69. The first-order chi connectivity index (χ1) is 8.16. The number of para-hydroxylation sites is 1. The van der Waals surface area contributed by atoms with Crippen molar-refractivity contribution >= 4 is 17.3 Å². The Morgan fingerprint density at radius 3 is 2.65 bits per heavy atom. The number of nitrogens with zero attached hydrogens (tertiary/aromatic N) is 2. The molecule has 17 heavy (non-hydrogen) atoms. The molecule has 1 aromatic carbocycles. The van der Waals surface area contributed by atoms with E-state index in [0.717, 1.165) is 5.56 Å². The Labute approximate surface area is 103 Å². The molecule has 0 fully saturated rings. The molecule has 2 rings (SSSR count). The van der Waals surface area contributed by atoms with E-state index in [9.17, 15) is 10.1 Å². The van der Waals surface area contributed by atoms with Crippen molar-refractivity contribution in [1.82, 2.24) is 4.98 Å². The quantitative estimate of drug-likeness (QED) is 0.476. The number of hydrogen-bond donors (Lipinski definition) is 0. The topological polar surface area (TPSA) is 56.0 Å². The average Bonchev–Trinajstić information content (AvgIpc) is 2.32. The summed E-state index contributed by atoms with van der Waals surface area (Å²) in [6.45, 7) is 0. The van der Waals surface area contributed by atoms with Gasteiger partial charge in [0.25, 0.3) is 5.69 Å². The van der Waals surface area contributed by atoms with E-state index in [0.29, 0.717) is 17.1 Å². The molecule has 0 saturated carbocycles. The largest absolute Gasteiger partial charge is 0.272 e. The molecule has 5 heteroatoms. The van der Waals surface area contributed by atoms with Gasteiger partial charge in [-0.15, -0.1) is 0 Å². The highest BCUT2D eigenvalue weighted by Crippen LogP contribution is 2.21.